The van der Waals surface area contributed by atoms with E-state index in [9.17, 15) is 9.59 Å². The molecule has 0 saturated carbocycles. The molecule has 0 atom stereocenters. The Morgan fingerprint density at radius 2 is 1.73 bits per heavy atom. The Hall–Kier alpha value is -3.94. The first-order valence-electron chi connectivity index (χ1n) is 11.1. The molecule has 4 rings (SSSR count). The van der Waals surface area contributed by atoms with Gasteiger partial charge in [0.2, 0.25) is 5.91 Å². The number of hydrogen-bond donors (Lipinski definition) is 2. The van der Waals surface area contributed by atoms with E-state index in [1.807, 2.05) is 54.3 Å². The second-order valence-corrected chi connectivity index (χ2v) is 7.98. The highest BCUT2D eigenvalue weighted by Gasteiger charge is 2.21. The van der Waals surface area contributed by atoms with Crippen LogP contribution in [0.25, 0.3) is 0 Å². The number of nitrogens with one attached hydrogen (secondary N) is 2. The minimum absolute atomic E-state index is 0.122. The van der Waals surface area contributed by atoms with Crippen molar-refractivity contribution >= 4 is 29.1 Å². The third kappa shape index (κ3) is 6.06. The topological polar surface area (TPSA) is 90.5 Å². The van der Waals surface area contributed by atoms with Gasteiger partial charge in [-0.3, -0.25) is 9.59 Å². The van der Waals surface area contributed by atoms with Gasteiger partial charge in [0.1, 0.15) is 11.6 Å². The number of carbonyl (C=O) groups excluding carboxylic acids is 2. The van der Waals surface area contributed by atoms with Crippen molar-refractivity contribution in [2.75, 3.05) is 48.3 Å². The fraction of sp³-hybridized carbons (Fsp3) is 0.280. The quantitative estimate of drug-likeness (QED) is 0.582. The van der Waals surface area contributed by atoms with Crippen LogP contribution in [0.1, 0.15) is 22.3 Å². The molecule has 1 fully saturated rings. The van der Waals surface area contributed by atoms with Crippen LogP contribution >= 0.6 is 0 Å². The Morgan fingerprint density at radius 3 is 2.39 bits per heavy atom. The number of amides is 2. The smallest absolute Gasteiger partial charge is 0.257 e. The zero-order chi connectivity index (χ0) is 23.0. The van der Waals surface area contributed by atoms with E-state index in [4.69, 9.17) is 0 Å². The molecular formula is C25H28N6O2. The zero-order valence-electron chi connectivity index (χ0n) is 18.7. The predicted molar refractivity (Wildman–Crippen MR) is 130 cm³/mol. The highest BCUT2D eigenvalue weighted by atomic mass is 16.2. The molecule has 0 unspecified atom stereocenters. The molecule has 3 aromatic rings. The van der Waals surface area contributed by atoms with E-state index < -0.39 is 0 Å². The molecule has 0 aliphatic carbocycles. The molecule has 2 amide bonds. The molecule has 8 nitrogen and oxygen atoms in total. The molecule has 0 spiro atoms. The van der Waals surface area contributed by atoms with Crippen LogP contribution in [0.2, 0.25) is 0 Å². The number of nitrogens with zero attached hydrogens (tertiary/aromatic N) is 4. The van der Waals surface area contributed by atoms with Gasteiger partial charge in [-0.15, -0.1) is 0 Å². The molecule has 8 heteroatoms. The summed E-state index contributed by atoms with van der Waals surface area (Å²) in [5.41, 5.74) is 2.35. The van der Waals surface area contributed by atoms with Crippen molar-refractivity contribution < 1.29 is 9.59 Å². The molecule has 0 bridgehead atoms. The maximum Gasteiger partial charge on any atom is 0.257 e. The predicted octanol–water partition coefficient (Wildman–Crippen LogP) is 3.19. The van der Waals surface area contributed by atoms with Gasteiger partial charge in [0.25, 0.3) is 5.91 Å². The fourth-order valence-electron chi connectivity index (χ4n) is 3.65. The Bertz CT molecular complexity index is 1060. The molecule has 1 aliphatic rings. The SMILES string of the molecule is Cc1ccc(NC(=O)c2ccc(NCCC(=O)N3CCN(c4ccccn4)CC3)nc2)cc1. The summed E-state index contributed by atoms with van der Waals surface area (Å²) >= 11 is 0. The van der Waals surface area contributed by atoms with Gasteiger partial charge in [-0.05, 0) is 43.3 Å². The van der Waals surface area contributed by atoms with Gasteiger partial charge in [-0.25, -0.2) is 9.97 Å². The Kier molecular flexibility index (Phi) is 7.14. The summed E-state index contributed by atoms with van der Waals surface area (Å²) in [4.78, 5) is 37.7. The Labute approximate surface area is 193 Å². The lowest BCUT2D eigenvalue weighted by Crippen LogP contribution is -2.49. The summed E-state index contributed by atoms with van der Waals surface area (Å²) in [6, 6.07) is 17.0. The van der Waals surface area contributed by atoms with Gasteiger partial charge in [0.15, 0.2) is 0 Å². The van der Waals surface area contributed by atoms with Crippen molar-refractivity contribution in [2.24, 2.45) is 0 Å². The third-order valence-electron chi connectivity index (χ3n) is 5.59. The van der Waals surface area contributed by atoms with Crippen LogP contribution in [-0.2, 0) is 4.79 Å². The first kappa shape index (κ1) is 22.3. The maximum absolute atomic E-state index is 12.5. The van der Waals surface area contributed by atoms with Gasteiger partial charge in [-0.1, -0.05) is 23.8 Å². The number of pyridine rings is 2. The number of anilines is 3. The Balaban J connectivity index is 1.19. The molecular weight excluding hydrogens is 416 g/mol. The van der Waals surface area contributed by atoms with E-state index in [1.54, 1.807) is 18.3 Å². The van der Waals surface area contributed by atoms with Crippen LogP contribution in [0.3, 0.4) is 0 Å². The molecule has 2 aromatic heterocycles. The molecule has 1 saturated heterocycles. The van der Waals surface area contributed by atoms with E-state index in [-0.39, 0.29) is 11.8 Å². The number of benzene rings is 1. The molecule has 1 aliphatic heterocycles. The molecule has 0 radical (unpaired) electrons. The van der Waals surface area contributed by atoms with Gasteiger partial charge >= 0.3 is 0 Å². The molecule has 2 N–H and O–H groups in total. The van der Waals surface area contributed by atoms with Crippen molar-refractivity contribution in [2.45, 2.75) is 13.3 Å². The summed E-state index contributed by atoms with van der Waals surface area (Å²) < 4.78 is 0. The first-order valence-corrected chi connectivity index (χ1v) is 11.1. The van der Waals surface area contributed by atoms with Crippen molar-refractivity contribution in [3.05, 3.63) is 78.1 Å². The van der Waals surface area contributed by atoms with Gasteiger partial charge in [0, 0.05) is 57.2 Å². The standard InChI is InChI=1S/C25H28N6O2/c1-19-5-8-21(9-6-19)29-25(33)20-7-10-22(28-18-20)26-13-11-24(32)31-16-14-30(15-17-31)23-4-2-3-12-27-23/h2-10,12,18H,11,13-17H2,1H3,(H,26,28)(H,29,33). The van der Waals surface area contributed by atoms with Crippen LogP contribution in [0.15, 0.2) is 67.0 Å². The van der Waals surface area contributed by atoms with Gasteiger partial charge in [0.05, 0.1) is 5.56 Å². The van der Waals surface area contributed by atoms with E-state index >= 15 is 0 Å². The van der Waals surface area contributed by atoms with Crippen LogP contribution in [0, 0.1) is 6.92 Å². The minimum atomic E-state index is -0.210. The molecule has 1 aromatic carbocycles. The monoisotopic (exact) mass is 444 g/mol. The van der Waals surface area contributed by atoms with Crippen molar-refractivity contribution in [1.29, 1.82) is 0 Å². The highest BCUT2D eigenvalue weighted by molar-refractivity contribution is 6.04. The van der Waals surface area contributed by atoms with Crippen LogP contribution < -0.4 is 15.5 Å². The average Bonchev–Trinajstić information content (AvgIpc) is 2.86. The average molecular weight is 445 g/mol. The van der Waals surface area contributed by atoms with Crippen LogP contribution in [-0.4, -0.2) is 59.4 Å². The maximum atomic E-state index is 12.5. The number of aromatic nitrogens is 2. The normalized spacial score (nSPS) is 13.5. The lowest BCUT2D eigenvalue weighted by Gasteiger charge is -2.35. The van der Waals surface area contributed by atoms with E-state index in [2.05, 4.69) is 25.5 Å². The third-order valence-corrected chi connectivity index (χ3v) is 5.59. The molecule has 3 heterocycles. The van der Waals surface area contributed by atoms with Crippen molar-refractivity contribution in [1.82, 2.24) is 14.9 Å². The number of carbonyl (C=O) groups is 2. The number of piperazine rings is 1. The largest absolute Gasteiger partial charge is 0.370 e. The number of hydrogen-bond acceptors (Lipinski definition) is 6. The van der Waals surface area contributed by atoms with Crippen LogP contribution in [0.5, 0.6) is 0 Å². The molecule has 170 valence electrons. The Morgan fingerprint density at radius 1 is 0.939 bits per heavy atom. The summed E-state index contributed by atoms with van der Waals surface area (Å²) in [5, 5.41) is 6.02. The van der Waals surface area contributed by atoms with Crippen molar-refractivity contribution in [3.63, 3.8) is 0 Å². The van der Waals surface area contributed by atoms with E-state index in [0.29, 0.717) is 37.4 Å². The second kappa shape index (κ2) is 10.6. The molecule has 33 heavy (non-hydrogen) atoms. The minimum Gasteiger partial charge on any atom is -0.370 e. The van der Waals surface area contributed by atoms with E-state index in [1.165, 1.54) is 6.20 Å². The fourth-order valence-corrected chi connectivity index (χ4v) is 3.65. The van der Waals surface area contributed by atoms with Crippen LogP contribution in [0.4, 0.5) is 17.3 Å². The zero-order valence-corrected chi connectivity index (χ0v) is 18.7. The summed E-state index contributed by atoms with van der Waals surface area (Å²) in [6.45, 7) is 5.43. The lowest BCUT2D eigenvalue weighted by molar-refractivity contribution is -0.131. The highest BCUT2D eigenvalue weighted by Crippen LogP contribution is 2.14. The lowest BCUT2D eigenvalue weighted by atomic mass is 10.2. The number of aryl methyl sites for hydroxylation is 1. The summed E-state index contributed by atoms with van der Waals surface area (Å²) in [5.74, 6) is 1.50. The summed E-state index contributed by atoms with van der Waals surface area (Å²) in [7, 11) is 0. The number of rotatable bonds is 7. The van der Waals surface area contributed by atoms with Gasteiger partial charge < -0.3 is 20.4 Å². The van der Waals surface area contributed by atoms with Crippen molar-refractivity contribution in [3.8, 4) is 0 Å². The second-order valence-electron chi connectivity index (χ2n) is 7.98. The van der Waals surface area contributed by atoms with E-state index in [0.717, 1.165) is 30.2 Å². The van der Waals surface area contributed by atoms with Gasteiger partial charge in [-0.2, -0.15) is 0 Å². The summed E-state index contributed by atoms with van der Waals surface area (Å²) in [6.07, 6.45) is 3.71. The first-order chi connectivity index (χ1) is 16.1.